The molecule has 0 spiro atoms. The predicted octanol–water partition coefficient (Wildman–Crippen LogP) is 3.38. The molecule has 0 radical (unpaired) electrons. The molecule has 1 heteroatoms. The van der Waals surface area contributed by atoms with Crippen molar-refractivity contribution < 1.29 is 0 Å². The highest BCUT2D eigenvalue weighted by Gasteiger charge is 2.70. The van der Waals surface area contributed by atoms with Crippen molar-refractivity contribution >= 4 is 0 Å². The van der Waals surface area contributed by atoms with Gasteiger partial charge < -0.3 is 0 Å². The van der Waals surface area contributed by atoms with Gasteiger partial charge in [0.15, 0.2) is 0 Å². The summed E-state index contributed by atoms with van der Waals surface area (Å²) in [6.07, 6.45) is 0. The van der Waals surface area contributed by atoms with E-state index in [9.17, 15) is 0 Å². The van der Waals surface area contributed by atoms with Crippen LogP contribution in [0.2, 0.25) is 0 Å². The number of benzene rings is 2. The lowest BCUT2D eigenvalue weighted by Crippen LogP contribution is -2.26. The molecular formula is C16H13N. The van der Waals surface area contributed by atoms with Crippen molar-refractivity contribution in [3.05, 3.63) is 70.8 Å². The van der Waals surface area contributed by atoms with Crippen molar-refractivity contribution in [1.29, 1.82) is 0 Å². The molecule has 17 heavy (non-hydrogen) atoms. The zero-order chi connectivity index (χ0) is 11.2. The Labute approximate surface area is 101 Å². The number of fused-ring (bicyclic) bond motifs is 7. The third-order valence-corrected chi connectivity index (χ3v) is 4.93. The van der Waals surface area contributed by atoms with Gasteiger partial charge in [-0.15, -0.1) is 0 Å². The lowest BCUT2D eigenvalue weighted by Gasteiger charge is -2.26. The highest BCUT2D eigenvalue weighted by Crippen LogP contribution is 2.74. The molecule has 4 atom stereocenters. The van der Waals surface area contributed by atoms with E-state index in [0.717, 1.165) is 0 Å². The molecule has 2 aromatic carbocycles. The van der Waals surface area contributed by atoms with Crippen LogP contribution in [0.4, 0.5) is 0 Å². The van der Waals surface area contributed by atoms with E-state index < -0.39 is 0 Å². The van der Waals surface area contributed by atoms with Gasteiger partial charge in [-0.1, -0.05) is 48.5 Å². The van der Waals surface area contributed by atoms with Crippen LogP contribution < -0.4 is 0 Å². The van der Waals surface area contributed by atoms with E-state index in [2.05, 4.69) is 60.4 Å². The van der Waals surface area contributed by atoms with Gasteiger partial charge in [0.1, 0.15) is 0 Å². The Morgan fingerprint density at radius 3 is 1.82 bits per heavy atom. The van der Waals surface area contributed by atoms with Crippen LogP contribution in [0.3, 0.4) is 0 Å². The summed E-state index contributed by atoms with van der Waals surface area (Å²) in [5, 5.41) is 0. The Kier molecular flexibility index (Phi) is 1.16. The summed E-state index contributed by atoms with van der Waals surface area (Å²) >= 11 is 0. The van der Waals surface area contributed by atoms with E-state index in [1.807, 2.05) is 0 Å². The maximum Gasteiger partial charge on any atom is 0.0705 e. The molecule has 1 saturated heterocycles. The van der Waals surface area contributed by atoms with Crippen LogP contribution in [-0.2, 0) is 5.54 Å². The normalized spacial score (nSPS) is 38.5. The summed E-state index contributed by atoms with van der Waals surface area (Å²) in [6.45, 7) is 2.39. The first-order valence-corrected chi connectivity index (χ1v) is 6.31. The van der Waals surface area contributed by atoms with Crippen molar-refractivity contribution in [3.63, 3.8) is 0 Å². The lowest BCUT2D eigenvalue weighted by molar-refractivity contribution is 0.325. The third-order valence-electron chi connectivity index (χ3n) is 4.93. The number of rotatable bonds is 0. The number of hydrogen-bond donors (Lipinski definition) is 0. The zero-order valence-electron chi connectivity index (χ0n) is 9.72. The molecule has 0 amide bonds. The summed E-state index contributed by atoms with van der Waals surface area (Å²) in [7, 11) is 0. The minimum absolute atomic E-state index is 0.141. The molecule has 3 aliphatic rings. The van der Waals surface area contributed by atoms with Crippen molar-refractivity contribution in [2.75, 3.05) is 0 Å². The molecule has 0 bridgehead atoms. The Balaban J connectivity index is 1.91. The fourth-order valence-corrected chi connectivity index (χ4v) is 4.25. The van der Waals surface area contributed by atoms with Gasteiger partial charge in [0, 0.05) is 0 Å². The van der Waals surface area contributed by atoms with Gasteiger partial charge >= 0.3 is 0 Å². The molecule has 5 rings (SSSR count). The Morgan fingerprint density at radius 1 is 0.824 bits per heavy atom. The first-order valence-electron chi connectivity index (χ1n) is 6.31. The molecule has 3 heterocycles. The fraction of sp³-hybridized carbons (Fsp3) is 0.250. The second kappa shape index (κ2) is 2.32. The highest BCUT2D eigenvalue weighted by atomic mass is 15.4. The molecule has 0 N–H and O–H groups in total. The summed E-state index contributed by atoms with van der Waals surface area (Å²) in [6, 6.07) is 19.2. The van der Waals surface area contributed by atoms with E-state index in [4.69, 9.17) is 0 Å². The Hall–Kier alpha value is -1.60. The molecule has 1 fully saturated rings. The van der Waals surface area contributed by atoms with E-state index >= 15 is 0 Å². The SMILES string of the molecule is CC12c3ccccc3[C@@H]3[C@H](c4ccccc41)N32. The zero-order valence-corrected chi connectivity index (χ0v) is 9.72. The second-order valence-electron chi connectivity index (χ2n) is 5.54. The van der Waals surface area contributed by atoms with Gasteiger partial charge in [-0.25, -0.2) is 0 Å². The predicted molar refractivity (Wildman–Crippen MR) is 66.7 cm³/mol. The smallest absolute Gasteiger partial charge is 0.0705 e. The maximum atomic E-state index is 2.67. The summed E-state index contributed by atoms with van der Waals surface area (Å²) in [5.74, 6) is 0. The van der Waals surface area contributed by atoms with Crippen molar-refractivity contribution in [2.24, 2.45) is 0 Å². The van der Waals surface area contributed by atoms with Crippen LogP contribution in [0.5, 0.6) is 0 Å². The van der Waals surface area contributed by atoms with Crippen LogP contribution in [0.25, 0.3) is 0 Å². The number of hydrogen-bond acceptors (Lipinski definition) is 1. The molecule has 2 aromatic rings. The first kappa shape index (κ1) is 8.48. The van der Waals surface area contributed by atoms with Gasteiger partial charge in [0.25, 0.3) is 0 Å². The standard InChI is InChI=1S/C16H13N/c1-16-12-8-4-2-6-10(12)14-15(17(14)16)11-7-3-5-9-13(11)16/h2-9,14-15H,1H3/t14-,15+,16?,17?. The molecule has 3 aliphatic heterocycles. The van der Waals surface area contributed by atoms with Gasteiger partial charge in [-0.3, -0.25) is 4.90 Å². The quantitative estimate of drug-likeness (QED) is 0.614. The van der Waals surface area contributed by atoms with Gasteiger partial charge in [0.05, 0.1) is 17.6 Å². The summed E-state index contributed by atoms with van der Waals surface area (Å²) in [5.41, 5.74) is 6.28. The van der Waals surface area contributed by atoms with Gasteiger partial charge in [-0.05, 0) is 29.2 Å². The van der Waals surface area contributed by atoms with Crippen molar-refractivity contribution in [3.8, 4) is 0 Å². The monoisotopic (exact) mass is 219 g/mol. The molecule has 0 aliphatic carbocycles. The molecule has 2 unspecified atom stereocenters. The summed E-state index contributed by atoms with van der Waals surface area (Å²) < 4.78 is 0. The highest BCUT2D eigenvalue weighted by molar-refractivity contribution is 5.63. The van der Waals surface area contributed by atoms with Gasteiger partial charge in [0.2, 0.25) is 0 Å². The van der Waals surface area contributed by atoms with E-state index in [-0.39, 0.29) is 5.54 Å². The minimum Gasteiger partial charge on any atom is -0.272 e. The van der Waals surface area contributed by atoms with Gasteiger partial charge in [-0.2, -0.15) is 0 Å². The van der Waals surface area contributed by atoms with Crippen molar-refractivity contribution in [1.82, 2.24) is 4.90 Å². The molecule has 82 valence electrons. The van der Waals surface area contributed by atoms with Crippen LogP contribution >= 0.6 is 0 Å². The van der Waals surface area contributed by atoms with Crippen LogP contribution in [0, 0.1) is 0 Å². The van der Waals surface area contributed by atoms with E-state index in [1.54, 1.807) is 11.1 Å². The average Bonchev–Trinajstić information content (AvgIpc) is 3.02. The van der Waals surface area contributed by atoms with E-state index in [1.165, 1.54) is 11.1 Å². The van der Waals surface area contributed by atoms with Crippen molar-refractivity contribution in [2.45, 2.75) is 24.5 Å². The lowest BCUT2D eigenvalue weighted by atomic mass is 9.85. The average molecular weight is 219 g/mol. The number of nitrogens with zero attached hydrogens (tertiary/aromatic N) is 1. The van der Waals surface area contributed by atoms with Crippen LogP contribution in [-0.4, -0.2) is 4.90 Å². The summed E-state index contributed by atoms with van der Waals surface area (Å²) in [4.78, 5) is 2.67. The molecular weight excluding hydrogens is 206 g/mol. The second-order valence-corrected chi connectivity index (χ2v) is 5.54. The largest absolute Gasteiger partial charge is 0.272 e. The molecule has 0 saturated carbocycles. The third kappa shape index (κ3) is 0.696. The molecule has 1 nitrogen and oxygen atoms in total. The first-order chi connectivity index (χ1) is 8.33. The maximum absolute atomic E-state index is 2.67. The van der Waals surface area contributed by atoms with Crippen LogP contribution in [0.1, 0.15) is 41.3 Å². The Morgan fingerprint density at radius 2 is 1.29 bits per heavy atom. The minimum atomic E-state index is 0.141. The molecule has 0 aromatic heterocycles. The Bertz CT molecular complexity index is 605. The fourth-order valence-electron chi connectivity index (χ4n) is 4.25. The van der Waals surface area contributed by atoms with E-state index in [0.29, 0.717) is 12.1 Å². The topological polar surface area (TPSA) is 3.01 Å². The van der Waals surface area contributed by atoms with Crippen LogP contribution in [0.15, 0.2) is 48.5 Å².